The molecule has 0 spiro atoms. The van der Waals surface area contributed by atoms with Crippen LogP contribution in [0.2, 0.25) is 0 Å². The van der Waals surface area contributed by atoms with Crippen LogP contribution in [0.1, 0.15) is 16.1 Å². The second-order valence-corrected chi connectivity index (χ2v) is 5.98. The predicted octanol–water partition coefficient (Wildman–Crippen LogP) is 3.21. The predicted molar refractivity (Wildman–Crippen MR) is 107 cm³/mol. The Labute approximate surface area is 163 Å². The highest BCUT2D eigenvalue weighted by atomic mass is 16.5. The lowest BCUT2D eigenvalue weighted by atomic mass is 10.1. The zero-order valence-electron chi connectivity index (χ0n) is 15.8. The number of ether oxygens (including phenoxy) is 2. The third kappa shape index (κ3) is 5.20. The van der Waals surface area contributed by atoms with Crippen LogP contribution >= 0.6 is 0 Å². The first-order valence-electron chi connectivity index (χ1n) is 8.83. The molecule has 3 aromatic rings. The van der Waals surface area contributed by atoms with Gasteiger partial charge in [-0.05, 0) is 42.3 Å². The number of nitrogens with one attached hydrogen (secondary N) is 2. The molecule has 28 heavy (non-hydrogen) atoms. The van der Waals surface area contributed by atoms with E-state index in [1.165, 1.54) is 0 Å². The fourth-order valence-electron chi connectivity index (χ4n) is 2.61. The number of rotatable bonds is 8. The van der Waals surface area contributed by atoms with Gasteiger partial charge >= 0.3 is 0 Å². The summed E-state index contributed by atoms with van der Waals surface area (Å²) in [5, 5.41) is 5.95. The van der Waals surface area contributed by atoms with Crippen molar-refractivity contribution >= 4 is 17.5 Å². The first-order chi connectivity index (χ1) is 13.7. The number of carbonyl (C=O) groups excluding carboxylic acids is 1. The Bertz CT molecular complexity index is 946. The van der Waals surface area contributed by atoms with Crippen molar-refractivity contribution < 1.29 is 14.3 Å². The van der Waals surface area contributed by atoms with Gasteiger partial charge in [-0.15, -0.1) is 0 Å². The second-order valence-electron chi connectivity index (χ2n) is 5.98. The van der Waals surface area contributed by atoms with Gasteiger partial charge in [-0.2, -0.15) is 0 Å². The van der Waals surface area contributed by atoms with Crippen LogP contribution in [0.25, 0.3) is 0 Å². The lowest BCUT2D eigenvalue weighted by Gasteiger charge is -2.09. The van der Waals surface area contributed by atoms with Crippen molar-refractivity contribution in [2.45, 2.75) is 6.42 Å². The van der Waals surface area contributed by atoms with E-state index in [1.54, 1.807) is 26.5 Å². The van der Waals surface area contributed by atoms with Crippen LogP contribution in [-0.4, -0.2) is 36.6 Å². The van der Waals surface area contributed by atoms with Gasteiger partial charge in [0.05, 0.1) is 14.2 Å². The smallest absolute Gasteiger partial charge is 0.270 e. The van der Waals surface area contributed by atoms with Gasteiger partial charge in [0.25, 0.3) is 5.91 Å². The third-order valence-corrected chi connectivity index (χ3v) is 4.05. The van der Waals surface area contributed by atoms with Crippen molar-refractivity contribution in [3.8, 4) is 11.5 Å². The average Bonchev–Trinajstić information content (AvgIpc) is 2.74. The first kappa shape index (κ1) is 19.2. The van der Waals surface area contributed by atoms with Crippen molar-refractivity contribution in [1.29, 1.82) is 0 Å². The number of benzene rings is 2. The number of aromatic nitrogens is 2. The molecule has 7 nitrogen and oxygen atoms in total. The highest BCUT2D eigenvalue weighted by molar-refractivity contribution is 5.92. The van der Waals surface area contributed by atoms with Gasteiger partial charge in [-0.25, -0.2) is 9.97 Å². The van der Waals surface area contributed by atoms with E-state index in [4.69, 9.17) is 9.47 Å². The molecule has 0 bridgehead atoms. The van der Waals surface area contributed by atoms with Crippen molar-refractivity contribution in [1.82, 2.24) is 15.3 Å². The van der Waals surface area contributed by atoms with Crippen LogP contribution in [0, 0.1) is 0 Å². The number of carbonyl (C=O) groups is 1. The van der Waals surface area contributed by atoms with Gasteiger partial charge in [-0.1, -0.05) is 18.2 Å². The molecule has 0 aliphatic heterocycles. The molecule has 2 N–H and O–H groups in total. The van der Waals surface area contributed by atoms with Gasteiger partial charge in [-0.3, -0.25) is 4.79 Å². The maximum atomic E-state index is 12.4. The molecule has 0 unspecified atom stereocenters. The Kier molecular flexibility index (Phi) is 6.41. The van der Waals surface area contributed by atoms with Crippen LogP contribution < -0.4 is 20.1 Å². The van der Waals surface area contributed by atoms with Crippen molar-refractivity contribution in [3.63, 3.8) is 0 Å². The van der Waals surface area contributed by atoms with E-state index >= 15 is 0 Å². The van der Waals surface area contributed by atoms with Crippen molar-refractivity contribution in [2.75, 3.05) is 26.1 Å². The standard InChI is InChI=1S/C21H22N4O3/c1-27-17-7-3-5-15(13-17)9-11-22-20(26)19-10-12-23-21(25-19)24-16-6-4-8-18(14-16)28-2/h3-8,10,12-14H,9,11H2,1-2H3,(H,22,26)(H,23,24,25). The number of anilines is 2. The second kappa shape index (κ2) is 9.36. The molecular formula is C21H22N4O3. The topological polar surface area (TPSA) is 85.4 Å². The van der Waals surface area contributed by atoms with Crippen molar-refractivity contribution in [3.05, 3.63) is 72.1 Å². The molecule has 0 atom stereocenters. The number of hydrogen-bond donors (Lipinski definition) is 2. The van der Waals surface area contributed by atoms with Gasteiger partial charge in [0.2, 0.25) is 5.95 Å². The van der Waals surface area contributed by atoms with E-state index in [2.05, 4.69) is 20.6 Å². The SMILES string of the molecule is COc1cccc(CCNC(=O)c2ccnc(Nc3cccc(OC)c3)n2)c1. The Morgan fingerprint density at radius 3 is 2.54 bits per heavy atom. The first-order valence-corrected chi connectivity index (χ1v) is 8.83. The molecule has 0 saturated carbocycles. The van der Waals surface area contributed by atoms with E-state index in [1.807, 2.05) is 48.5 Å². The Balaban J connectivity index is 1.58. The summed E-state index contributed by atoms with van der Waals surface area (Å²) < 4.78 is 10.4. The normalized spacial score (nSPS) is 10.2. The molecule has 2 aromatic carbocycles. The molecule has 0 fully saturated rings. The zero-order chi connectivity index (χ0) is 19.8. The molecule has 1 aromatic heterocycles. The maximum absolute atomic E-state index is 12.4. The molecule has 144 valence electrons. The Morgan fingerprint density at radius 1 is 1.00 bits per heavy atom. The lowest BCUT2D eigenvalue weighted by Crippen LogP contribution is -2.26. The van der Waals surface area contributed by atoms with E-state index in [-0.39, 0.29) is 5.91 Å². The summed E-state index contributed by atoms with van der Waals surface area (Å²) in [5.74, 6) is 1.61. The van der Waals surface area contributed by atoms with E-state index in [9.17, 15) is 4.79 Å². The highest BCUT2D eigenvalue weighted by Crippen LogP contribution is 2.19. The number of amides is 1. The van der Waals surface area contributed by atoms with Crippen LogP contribution in [0.3, 0.4) is 0 Å². The van der Waals surface area contributed by atoms with Gasteiger partial charge in [0.15, 0.2) is 0 Å². The summed E-state index contributed by atoms with van der Waals surface area (Å²) >= 11 is 0. The summed E-state index contributed by atoms with van der Waals surface area (Å²) in [5.41, 5.74) is 2.16. The quantitative estimate of drug-likeness (QED) is 0.626. The maximum Gasteiger partial charge on any atom is 0.270 e. The molecule has 0 radical (unpaired) electrons. The van der Waals surface area contributed by atoms with Crippen LogP contribution in [-0.2, 0) is 6.42 Å². The molecule has 1 amide bonds. The summed E-state index contributed by atoms with van der Waals surface area (Å²) in [6, 6.07) is 16.7. The number of methoxy groups -OCH3 is 2. The van der Waals surface area contributed by atoms with Gasteiger partial charge in [0.1, 0.15) is 17.2 Å². The van der Waals surface area contributed by atoms with Crippen molar-refractivity contribution in [2.24, 2.45) is 0 Å². The van der Waals surface area contributed by atoms with Crippen LogP contribution in [0.15, 0.2) is 60.8 Å². The largest absolute Gasteiger partial charge is 0.497 e. The monoisotopic (exact) mass is 378 g/mol. The van der Waals surface area contributed by atoms with E-state index < -0.39 is 0 Å². The lowest BCUT2D eigenvalue weighted by molar-refractivity contribution is 0.0949. The summed E-state index contributed by atoms with van der Waals surface area (Å²) in [6.45, 7) is 0.495. The summed E-state index contributed by atoms with van der Waals surface area (Å²) in [6.07, 6.45) is 2.25. The minimum absolute atomic E-state index is 0.251. The molecule has 0 aliphatic carbocycles. The number of hydrogen-bond acceptors (Lipinski definition) is 6. The van der Waals surface area contributed by atoms with E-state index in [0.717, 1.165) is 22.7 Å². The minimum Gasteiger partial charge on any atom is -0.497 e. The fourth-order valence-corrected chi connectivity index (χ4v) is 2.61. The summed E-state index contributed by atoms with van der Waals surface area (Å²) in [4.78, 5) is 20.8. The third-order valence-electron chi connectivity index (χ3n) is 4.05. The van der Waals surface area contributed by atoms with Gasteiger partial charge < -0.3 is 20.1 Å². The van der Waals surface area contributed by atoms with Crippen LogP contribution in [0.5, 0.6) is 11.5 Å². The Morgan fingerprint density at radius 2 is 1.75 bits per heavy atom. The Hall–Kier alpha value is -3.61. The summed E-state index contributed by atoms with van der Waals surface area (Å²) in [7, 11) is 3.24. The molecule has 0 saturated heterocycles. The van der Waals surface area contributed by atoms with Crippen LogP contribution in [0.4, 0.5) is 11.6 Å². The molecule has 0 aliphatic rings. The minimum atomic E-state index is -0.251. The van der Waals surface area contributed by atoms with E-state index in [0.29, 0.717) is 24.6 Å². The molecule has 3 rings (SSSR count). The van der Waals surface area contributed by atoms with Gasteiger partial charge in [0, 0.05) is 24.5 Å². The molecule has 7 heteroatoms. The zero-order valence-corrected chi connectivity index (χ0v) is 15.8. The number of nitrogens with zero attached hydrogens (tertiary/aromatic N) is 2. The average molecular weight is 378 g/mol. The fraction of sp³-hybridized carbons (Fsp3) is 0.190. The highest BCUT2D eigenvalue weighted by Gasteiger charge is 2.09. The molecular weight excluding hydrogens is 356 g/mol. The molecule has 1 heterocycles.